The Morgan fingerprint density at radius 2 is 2.27 bits per heavy atom. The first kappa shape index (κ1) is 10.7. The minimum Gasteiger partial charge on any atom is -0.466 e. The normalized spacial score (nSPS) is 12.6. The van der Waals surface area contributed by atoms with E-state index in [0.717, 1.165) is 0 Å². The predicted octanol–water partition coefficient (Wildman–Crippen LogP) is 1.54. The summed E-state index contributed by atoms with van der Waals surface area (Å²) in [7, 11) is 0. The van der Waals surface area contributed by atoms with Crippen LogP contribution >= 0.6 is 11.6 Å². The standard InChI is InChI=1S/C7H13ClO3/c1-6(11-5-8)3-4-10-7(2)9/h6H,3-5H2,1-2H3. The van der Waals surface area contributed by atoms with Crippen molar-refractivity contribution in [3.63, 3.8) is 0 Å². The largest absolute Gasteiger partial charge is 0.466 e. The van der Waals surface area contributed by atoms with Gasteiger partial charge in [-0.25, -0.2) is 0 Å². The molecular formula is C7H13ClO3. The second-order valence-electron chi connectivity index (χ2n) is 2.22. The zero-order chi connectivity index (χ0) is 8.69. The molecule has 0 spiro atoms. The van der Waals surface area contributed by atoms with Crippen LogP contribution in [0, 0.1) is 0 Å². The van der Waals surface area contributed by atoms with Crippen LogP contribution in [0.3, 0.4) is 0 Å². The minimum atomic E-state index is -0.261. The van der Waals surface area contributed by atoms with E-state index >= 15 is 0 Å². The van der Waals surface area contributed by atoms with Gasteiger partial charge in [0, 0.05) is 13.3 Å². The summed E-state index contributed by atoms with van der Waals surface area (Å²) >= 11 is 5.31. The molecule has 0 radical (unpaired) electrons. The van der Waals surface area contributed by atoms with E-state index in [9.17, 15) is 4.79 Å². The number of hydrogen-bond donors (Lipinski definition) is 0. The molecule has 0 aromatic carbocycles. The Bertz CT molecular complexity index is 116. The average Bonchev–Trinajstić information content (AvgIpc) is 1.87. The molecule has 0 fully saturated rings. The van der Waals surface area contributed by atoms with Gasteiger partial charge in [0.25, 0.3) is 0 Å². The highest BCUT2D eigenvalue weighted by molar-refractivity contribution is 6.17. The van der Waals surface area contributed by atoms with E-state index < -0.39 is 0 Å². The van der Waals surface area contributed by atoms with E-state index in [-0.39, 0.29) is 18.1 Å². The summed E-state index contributed by atoms with van der Waals surface area (Å²) < 4.78 is 9.69. The zero-order valence-electron chi connectivity index (χ0n) is 6.80. The fraction of sp³-hybridized carbons (Fsp3) is 0.857. The first-order valence-corrected chi connectivity index (χ1v) is 4.01. The van der Waals surface area contributed by atoms with Gasteiger partial charge in [-0.05, 0) is 6.92 Å². The number of carbonyl (C=O) groups excluding carboxylic acids is 1. The van der Waals surface area contributed by atoms with Crippen LogP contribution in [-0.4, -0.2) is 24.7 Å². The summed E-state index contributed by atoms with van der Waals surface area (Å²) in [5.41, 5.74) is 0. The second-order valence-corrected chi connectivity index (χ2v) is 2.43. The van der Waals surface area contributed by atoms with Crippen LogP contribution in [0.1, 0.15) is 20.3 Å². The first-order chi connectivity index (χ1) is 5.16. The van der Waals surface area contributed by atoms with Crippen molar-refractivity contribution in [2.45, 2.75) is 26.4 Å². The lowest BCUT2D eigenvalue weighted by atomic mass is 10.3. The SMILES string of the molecule is CC(=O)OCCC(C)OCCl. The molecule has 0 saturated heterocycles. The highest BCUT2D eigenvalue weighted by Crippen LogP contribution is 1.98. The third-order valence-corrected chi connectivity index (χ3v) is 1.30. The third-order valence-electron chi connectivity index (χ3n) is 1.18. The topological polar surface area (TPSA) is 35.5 Å². The molecule has 11 heavy (non-hydrogen) atoms. The highest BCUT2D eigenvalue weighted by atomic mass is 35.5. The zero-order valence-corrected chi connectivity index (χ0v) is 7.56. The van der Waals surface area contributed by atoms with Crippen molar-refractivity contribution in [3.05, 3.63) is 0 Å². The molecule has 0 bridgehead atoms. The Labute approximate surface area is 71.6 Å². The molecule has 0 aliphatic heterocycles. The van der Waals surface area contributed by atoms with E-state index in [1.165, 1.54) is 6.92 Å². The molecule has 1 unspecified atom stereocenters. The Hall–Kier alpha value is -0.280. The van der Waals surface area contributed by atoms with Gasteiger partial charge in [-0.1, -0.05) is 11.6 Å². The van der Waals surface area contributed by atoms with E-state index in [1.807, 2.05) is 6.92 Å². The van der Waals surface area contributed by atoms with E-state index in [4.69, 9.17) is 21.1 Å². The quantitative estimate of drug-likeness (QED) is 0.476. The van der Waals surface area contributed by atoms with Gasteiger partial charge in [-0.3, -0.25) is 4.79 Å². The molecule has 0 rings (SSSR count). The van der Waals surface area contributed by atoms with Gasteiger partial charge in [0.2, 0.25) is 0 Å². The molecule has 0 aliphatic rings. The van der Waals surface area contributed by atoms with Crippen LogP contribution < -0.4 is 0 Å². The lowest BCUT2D eigenvalue weighted by Crippen LogP contribution is -2.12. The first-order valence-electron chi connectivity index (χ1n) is 3.47. The van der Waals surface area contributed by atoms with Gasteiger partial charge in [0.05, 0.1) is 12.7 Å². The van der Waals surface area contributed by atoms with Gasteiger partial charge < -0.3 is 9.47 Å². The van der Waals surface area contributed by atoms with E-state index in [2.05, 4.69) is 0 Å². The van der Waals surface area contributed by atoms with Crippen molar-refractivity contribution in [3.8, 4) is 0 Å². The van der Waals surface area contributed by atoms with Gasteiger partial charge in [0.1, 0.15) is 6.07 Å². The molecule has 0 N–H and O–H groups in total. The van der Waals surface area contributed by atoms with Crippen LogP contribution in [0.2, 0.25) is 0 Å². The van der Waals surface area contributed by atoms with Crippen molar-refractivity contribution in [2.24, 2.45) is 0 Å². The Kier molecular flexibility index (Phi) is 6.27. The van der Waals surface area contributed by atoms with Gasteiger partial charge in [-0.15, -0.1) is 0 Å². The van der Waals surface area contributed by atoms with Gasteiger partial charge in [-0.2, -0.15) is 0 Å². The van der Waals surface area contributed by atoms with Crippen LogP contribution in [0.4, 0.5) is 0 Å². The molecular weight excluding hydrogens is 168 g/mol. The van der Waals surface area contributed by atoms with Gasteiger partial charge in [0.15, 0.2) is 0 Å². The van der Waals surface area contributed by atoms with Crippen LogP contribution in [0.25, 0.3) is 0 Å². The fourth-order valence-corrected chi connectivity index (χ4v) is 0.775. The van der Waals surface area contributed by atoms with Crippen molar-refractivity contribution < 1.29 is 14.3 Å². The van der Waals surface area contributed by atoms with Crippen LogP contribution in [0.15, 0.2) is 0 Å². The van der Waals surface area contributed by atoms with Crippen LogP contribution in [0.5, 0.6) is 0 Å². The van der Waals surface area contributed by atoms with Crippen LogP contribution in [-0.2, 0) is 14.3 Å². The maximum Gasteiger partial charge on any atom is 0.302 e. The van der Waals surface area contributed by atoms with Crippen molar-refractivity contribution in [2.75, 3.05) is 12.7 Å². The number of carbonyl (C=O) groups is 1. The Morgan fingerprint density at radius 3 is 2.73 bits per heavy atom. The molecule has 0 aromatic rings. The number of ether oxygens (including phenoxy) is 2. The molecule has 0 saturated carbocycles. The maximum atomic E-state index is 10.3. The molecule has 0 aliphatic carbocycles. The van der Waals surface area contributed by atoms with E-state index in [0.29, 0.717) is 13.0 Å². The Morgan fingerprint density at radius 1 is 1.64 bits per heavy atom. The number of rotatable bonds is 5. The fourth-order valence-electron chi connectivity index (χ4n) is 0.559. The molecule has 3 nitrogen and oxygen atoms in total. The number of esters is 1. The summed E-state index contributed by atoms with van der Waals surface area (Å²) in [5, 5.41) is 0. The van der Waals surface area contributed by atoms with Crippen molar-refractivity contribution >= 4 is 17.6 Å². The monoisotopic (exact) mass is 180 g/mol. The average molecular weight is 181 g/mol. The summed E-state index contributed by atoms with van der Waals surface area (Å²) in [6, 6.07) is 0.182. The second kappa shape index (κ2) is 6.43. The Balaban J connectivity index is 3.16. The molecule has 0 aromatic heterocycles. The number of alkyl halides is 1. The molecule has 4 heteroatoms. The molecule has 1 atom stereocenters. The summed E-state index contributed by atoms with van der Waals surface area (Å²) in [6.45, 7) is 3.66. The number of hydrogen-bond acceptors (Lipinski definition) is 3. The summed E-state index contributed by atoms with van der Waals surface area (Å²) in [5.74, 6) is -0.261. The predicted molar refractivity (Wildman–Crippen MR) is 42.5 cm³/mol. The van der Waals surface area contributed by atoms with Crippen molar-refractivity contribution in [1.82, 2.24) is 0 Å². The highest BCUT2D eigenvalue weighted by Gasteiger charge is 2.01. The lowest BCUT2D eigenvalue weighted by molar-refractivity contribution is -0.141. The minimum absolute atomic E-state index is 0.0480. The lowest BCUT2D eigenvalue weighted by Gasteiger charge is -2.09. The van der Waals surface area contributed by atoms with E-state index in [1.54, 1.807) is 0 Å². The number of halogens is 1. The summed E-state index contributed by atoms with van der Waals surface area (Å²) in [4.78, 5) is 10.3. The van der Waals surface area contributed by atoms with Gasteiger partial charge >= 0.3 is 5.97 Å². The smallest absolute Gasteiger partial charge is 0.302 e. The molecule has 66 valence electrons. The molecule has 0 amide bonds. The summed E-state index contributed by atoms with van der Waals surface area (Å²) in [6.07, 6.45) is 0.735. The maximum absolute atomic E-state index is 10.3. The molecule has 0 heterocycles. The van der Waals surface area contributed by atoms with Crippen molar-refractivity contribution in [1.29, 1.82) is 0 Å². The third kappa shape index (κ3) is 7.62.